The third-order valence-corrected chi connectivity index (χ3v) is 4.34. The zero-order valence-corrected chi connectivity index (χ0v) is 15.3. The molecule has 3 rings (SSSR count). The largest absolute Gasteiger partial charge is 0.355 e. The number of para-hydroxylation sites is 2. The molecule has 2 N–H and O–H groups in total. The number of allylic oxidation sites excluding steroid dienone is 1. The van der Waals surface area contributed by atoms with E-state index in [1.807, 2.05) is 37.3 Å². The van der Waals surface area contributed by atoms with E-state index in [1.54, 1.807) is 0 Å². The smallest absolute Gasteiger partial charge is 0.0460 e. The molecule has 2 nitrogen and oxygen atoms in total. The molecule has 0 aliphatic heterocycles. The van der Waals surface area contributed by atoms with Crippen molar-refractivity contribution in [3.63, 3.8) is 0 Å². The van der Waals surface area contributed by atoms with Crippen LogP contribution < -0.4 is 10.6 Å². The molecule has 0 heterocycles. The molecule has 0 aliphatic rings. The molecule has 0 aromatic heterocycles. The Labute approximate surface area is 155 Å². The van der Waals surface area contributed by atoms with E-state index in [2.05, 4.69) is 73.2 Å². The highest BCUT2D eigenvalue weighted by molar-refractivity contribution is 5.79. The van der Waals surface area contributed by atoms with Gasteiger partial charge in [-0.2, -0.15) is 0 Å². The molecule has 0 spiro atoms. The zero-order valence-electron chi connectivity index (χ0n) is 15.3. The van der Waals surface area contributed by atoms with Gasteiger partial charge in [-0.05, 0) is 60.9 Å². The quantitative estimate of drug-likeness (QED) is 0.497. The molecule has 0 atom stereocenters. The highest BCUT2D eigenvalue weighted by Crippen LogP contribution is 2.29. The van der Waals surface area contributed by atoms with Crippen LogP contribution in [0.2, 0.25) is 0 Å². The van der Waals surface area contributed by atoms with Crippen LogP contribution in [0, 0.1) is 6.92 Å². The summed E-state index contributed by atoms with van der Waals surface area (Å²) in [6.45, 7) is 12.1. The molecular formula is C24H24N2. The fraction of sp³-hybridized carbons (Fsp3) is 0.0833. The first-order valence-electron chi connectivity index (χ1n) is 8.69. The van der Waals surface area contributed by atoms with Crippen LogP contribution in [0.25, 0.3) is 11.6 Å². The predicted octanol–water partition coefficient (Wildman–Crippen LogP) is 7.16. The van der Waals surface area contributed by atoms with Gasteiger partial charge in [0.2, 0.25) is 0 Å². The highest BCUT2D eigenvalue weighted by Gasteiger charge is 2.06. The van der Waals surface area contributed by atoms with Crippen LogP contribution in [0.3, 0.4) is 0 Å². The fourth-order valence-electron chi connectivity index (χ4n) is 2.94. The van der Waals surface area contributed by atoms with Crippen molar-refractivity contribution in [1.82, 2.24) is 0 Å². The van der Waals surface area contributed by atoms with Gasteiger partial charge in [-0.15, -0.1) is 0 Å². The number of anilines is 4. The average Bonchev–Trinajstić information content (AvgIpc) is 2.64. The van der Waals surface area contributed by atoms with Crippen LogP contribution in [0.15, 0.2) is 79.9 Å². The van der Waals surface area contributed by atoms with E-state index in [-0.39, 0.29) is 0 Å². The van der Waals surface area contributed by atoms with Crippen molar-refractivity contribution >= 4 is 34.4 Å². The molecular weight excluding hydrogens is 316 g/mol. The molecule has 0 amide bonds. The first-order valence-corrected chi connectivity index (χ1v) is 8.69. The molecule has 0 radical (unpaired) electrons. The van der Waals surface area contributed by atoms with Gasteiger partial charge in [-0.25, -0.2) is 0 Å². The van der Waals surface area contributed by atoms with Gasteiger partial charge < -0.3 is 10.6 Å². The fourth-order valence-corrected chi connectivity index (χ4v) is 2.94. The third-order valence-electron chi connectivity index (χ3n) is 4.34. The maximum atomic E-state index is 4.06. The number of hydrogen-bond acceptors (Lipinski definition) is 2. The summed E-state index contributed by atoms with van der Waals surface area (Å²) in [5, 5.41) is 7.00. The summed E-state index contributed by atoms with van der Waals surface area (Å²) < 4.78 is 0. The lowest BCUT2D eigenvalue weighted by Crippen LogP contribution is -1.98. The van der Waals surface area contributed by atoms with Gasteiger partial charge in [0.1, 0.15) is 0 Å². The van der Waals surface area contributed by atoms with Crippen molar-refractivity contribution in [3.05, 3.63) is 96.6 Å². The van der Waals surface area contributed by atoms with Crippen LogP contribution in [0.1, 0.15) is 23.6 Å². The Morgan fingerprint density at radius 1 is 0.846 bits per heavy atom. The van der Waals surface area contributed by atoms with Crippen molar-refractivity contribution in [3.8, 4) is 0 Å². The summed E-state index contributed by atoms with van der Waals surface area (Å²) in [5.74, 6) is 0. The Bertz CT molecular complexity index is 954. The number of aryl methyl sites for hydroxylation is 1. The summed E-state index contributed by atoms with van der Waals surface area (Å²) in [7, 11) is 0. The summed E-state index contributed by atoms with van der Waals surface area (Å²) >= 11 is 0. The summed E-state index contributed by atoms with van der Waals surface area (Å²) in [5.41, 5.74) is 8.69. The monoisotopic (exact) mass is 340 g/mol. The van der Waals surface area contributed by atoms with Crippen LogP contribution in [-0.2, 0) is 0 Å². The van der Waals surface area contributed by atoms with E-state index in [0.717, 1.165) is 39.4 Å². The SMILES string of the molecule is C=Cc1ccccc1Nc1ccc(Nc2ccccc2C(=C)C)cc1C. The maximum Gasteiger partial charge on any atom is 0.0460 e. The van der Waals surface area contributed by atoms with Gasteiger partial charge >= 0.3 is 0 Å². The Morgan fingerprint density at radius 2 is 1.54 bits per heavy atom. The Hall–Kier alpha value is -3.26. The number of benzene rings is 3. The zero-order chi connectivity index (χ0) is 18.5. The van der Waals surface area contributed by atoms with E-state index in [0.29, 0.717) is 0 Å². The van der Waals surface area contributed by atoms with E-state index < -0.39 is 0 Å². The first kappa shape index (κ1) is 17.6. The molecule has 130 valence electrons. The molecule has 0 unspecified atom stereocenters. The molecule has 0 bridgehead atoms. The van der Waals surface area contributed by atoms with E-state index >= 15 is 0 Å². The normalized spacial score (nSPS) is 10.2. The Morgan fingerprint density at radius 3 is 2.23 bits per heavy atom. The highest BCUT2D eigenvalue weighted by atomic mass is 14.9. The predicted molar refractivity (Wildman–Crippen MR) is 115 cm³/mol. The van der Waals surface area contributed by atoms with Gasteiger partial charge in [-0.1, -0.05) is 55.6 Å². The van der Waals surface area contributed by atoms with Gasteiger partial charge in [0.05, 0.1) is 0 Å². The van der Waals surface area contributed by atoms with Crippen LogP contribution in [0.4, 0.5) is 22.7 Å². The number of nitrogens with one attached hydrogen (secondary N) is 2. The second-order valence-corrected chi connectivity index (χ2v) is 6.40. The van der Waals surface area contributed by atoms with Gasteiger partial charge in [0, 0.05) is 28.3 Å². The van der Waals surface area contributed by atoms with Crippen molar-refractivity contribution < 1.29 is 0 Å². The van der Waals surface area contributed by atoms with Gasteiger partial charge in [0.15, 0.2) is 0 Å². The van der Waals surface area contributed by atoms with Crippen LogP contribution in [-0.4, -0.2) is 0 Å². The van der Waals surface area contributed by atoms with Crippen LogP contribution in [0.5, 0.6) is 0 Å². The first-order chi connectivity index (χ1) is 12.6. The van der Waals surface area contributed by atoms with E-state index in [4.69, 9.17) is 0 Å². The maximum absolute atomic E-state index is 4.06. The van der Waals surface area contributed by atoms with Crippen molar-refractivity contribution in [2.45, 2.75) is 13.8 Å². The lowest BCUT2D eigenvalue weighted by Gasteiger charge is -2.15. The lowest BCUT2D eigenvalue weighted by atomic mass is 10.1. The molecule has 26 heavy (non-hydrogen) atoms. The Kier molecular flexibility index (Phi) is 5.23. The Balaban J connectivity index is 1.84. The standard InChI is InChI=1S/C24H24N2/c1-5-19-10-6-8-12-23(19)26-22-15-14-20(16-18(22)4)25-24-13-9-7-11-21(24)17(2)3/h5-16,25-26H,1-2H2,3-4H3. The second kappa shape index (κ2) is 7.75. The van der Waals surface area contributed by atoms with Crippen molar-refractivity contribution in [2.24, 2.45) is 0 Å². The van der Waals surface area contributed by atoms with Crippen molar-refractivity contribution in [1.29, 1.82) is 0 Å². The molecule has 0 saturated carbocycles. The third kappa shape index (κ3) is 3.86. The lowest BCUT2D eigenvalue weighted by molar-refractivity contribution is 1.41. The molecule has 0 fully saturated rings. The van der Waals surface area contributed by atoms with Gasteiger partial charge in [-0.3, -0.25) is 0 Å². The molecule has 3 aromatic rings. The van der Waals surface area contributed by atoms with E-state index in [9.17, 15) is 0 Å². The summed E-state index contributed by atoms with van der Waals surface area (Å²) in [6.07, 6.45) is 1.86. The molecule has 0 saturated heterocycles. The minimum Gasteiger partial charge on any atom is -0.355 e. The average molecular weight is 340 g/mol. The second-order valence-electron chi connectivity index (χ2n) is 6.40. The van der Waals surface area contributed by atoms with Gasteiger partial charge in [0.25, 0.3) is 0 Å². The molecule has 0 aliphatic carbocycles. The van der Waals surface area contributed by atoms with Crippen LogP contribution >= 0.6 is 0 Å². The summed E-state index contributed by atoms with van der Waals surface area (Å²) in [4.78, 5) is 0. The van der Waals surface area contributed by atoms with Crippen molar-refractivity contribution in [2.75, 3.05) is 10.6 Å². The number of rotatable bonds is 6. The topological polar surface area (TPSA) is 24.1 Å². The molecule has 2 heteroatoms. The molecule has 3 aromatic carbocycles. The minimum atomic E-state index is 1.05. The number of hydrogen-bond donors (Lipinski definition) is 2. The van der Waals surface area contributed by atoms with E-state index in [1.165, 1.54) is 5.56 Å². The summed E-state index contributed by atoms with van der Waals surface area (Å²) in [6, 6.07) is 22.7. The minimum absolute atomic E-state index is 1.05.